The van der Waals surface area contributed by atoms with Crippen LogP contribution in [0.5, 0.6) is 5.75 Å². The van der Waals surface area contributed by atoms with Gasteiger partial charge in [0.05, 0.1) is 26.8 Å². The van der Waals surface area contributed by atoms with Crippen molar-refractivity contribution in [3.63, 3.8) is 0 Å². The number of nitrogens with two attached hydrogens (primary N) is 1. The van der Waals surface area contributed by atoms with Gasteiger partial charge in [-0.3, -0.25) is 0 Å². The molecule has 8 heteroatoms. The molecular formula is C17H15Br2ClFNO3. The molecule has 0 spiro atoms. The SMILES string of the molecule is COC(=O)C(F)Cc1cc(Br)c(OCc2cccc(N)c2Cl)c(Br)c1. The van der Waals surface area contributed by atoms with Gasteiger partial charge in [0, 0.05) is 12.0 Å². The summed E-state index contributed by atoms with van der Waals surface area (Å²) in [5, 5.41) is 0.449. The lowest BCUT2D eigenvalue weighted by Gasteiger charge is -2.14. The van der Waals surface area contributed by atoms with Gasteiger partial charge in [0.25, 0.3) is 0 Å². The minimum Gasteiger partial charge on any atom is -0.486 e. The number of ether oxygens (including phenoxy) is 2. The first-order valence-electron chi connectivity index (χ1n) is 7.19. The highest BCUT2D eigenvalue weighted by Crippen LogP contribution is 2.36. The minimum atomic E-state index is -1.72. The number of anilines is 1. The zero-order valence-electron chi connectivity index (χ0n) is 13.2. The van der Waals surface area contributed by atoms with E-state index in [9.17, 15) is 9.18 Å². The van der Waals surface area contributed by atoms with Crippen molar-refractivity contribution < 1.29 is 18.7 Å². The highest BCUT2D eigenvalue weighted by Gasteiger charge is 2.20. The summed E-state index contributed by atoms with van der Waals surface area (Å²) in [5.74, 6) is -0.361. The van der Waals surface area contributed by atoms with Crippen molar-refractivity contribution in [3.05, 3.63) is 55.4 Å². The van der Waals surface area contributed by atoms with Crippen molar-refractivity contribution in [2.24, 2.45) is 0 Å². The summed E-state index contributed by atoms with van der Waals surface area (Å²) in [6.07, 6.45) is -1.81. The second kappa shape index (κ2) is 8.87. The molecule has 0 fully saturated rings. The molecule has 0 aromatic heterocycles. The van der Waals surface area contributed by atoms with Crippen LogP contribution in [0.2, 0.25) is 5.02 Å². The molecule has 0 aliphatic heterocycles. The molecular weight excluding hydrogens is 480 g/mol. The van der Waals surface area contributed by atoms with Crippen LogP contribution in [-0.4, -0.2) is 19.3 Å². The lowest BCUT2D eigenvalue weighted by molar-refractivity contribution is -0.146. The summed E-state index contributed by atoms with van der Waals surface area (Å²) in [5.41, 5.74) is 7.62. The fourth-order valence-corrected chi connectivity index (χ4v) is 3.84. The molecule has 0 bridgehead atoms. The fourth-order valence-electron chi connectivity index (χ4n) is 2.15. The molecule has 0 saturated carbocycles. The van der Waals surface area contributed by atoms with E-state index >= 15 is 0 Å². The van der Waals surface area contributed by atoms with E-state index in [0.717, 1.165) is 12.7 Å². The molecule has 134 valence electrons. The number of methoxy groups -OCH3 is 1. The summed E-state index contributed by atoms with van der Waals surface area (Å²) < 4.78 is 25.2. The third-order valence-corrected chi connectivity index (χ3v) is 5.05. The van der Waals surface area contributed by atoms with Crippen LogP contribution in [0, 0.1) is 0 Å². The number of rotatable bonds is 6. The molecule has 0 aliphatic rings. The first-order valence-corrected chi connectivity index (χ1v) is 9.15. The molecule has 0 amide bonds. The van der Waals surface area contributed by atoms with Crippen LogP contribution in [0.1, 0.15) is 11.1 Å². The maximum Gasteiger partial charge on any atom is 0.340 e. The number of hydrogen-bond acceptors (Lipinski definition) is 4. The zero-order valence-corrected chi connectivity index (χ0v) is 17.1. The molecule has 25 heavy (non-hydrogen) atoms. The standard InChI is InChI=1S/C17H15Br2ClFNO3/c1-24-17(23)13(21)7-9-5-11(18)16(12(19)6-9)25-8-10-3-2-4-14(22)15(10)20/h2-6,13H,7-8,22H2,1H3. The molecule has 0 radical (unpaired) electrons. The van der Waals surface area contributed by atoms with Gasteiger partial charge in [0.15, 0.2) is 0 Å². The van der Waals surface area contributed by atoms with Crippen molar-refractivity contribution >= 4 is 55.1 Å². The molecule has 1 atom stereocenters. The van der Waals surface area contributed by atoms with Crippen molar-refractivity contribution in [2.45, 2.75) is 19.2 Å². The molecule has 2 aromatic carbocycles. The lowest BCUT2D eigenvalue weighted by Crippen LogP contribution is -2.19. The zero-order chi connectivity index (χ0) is 18.6. The Morgan fingerprint density at radius 2 is 1.96 bits per heavy atom. The predicted octanol–water partition coefficient (Wildman–Crippen LogP) is 5.08. The Morgan fingerprint density at radius 1 is 1.32 bits per heavy atom. The average molecular weight is 496 g/mol. The average Bonchev–Trinajstić information content (AvgIpc) is 2.56. The summed E-state index contributed by atoms with van der Waals surface area (Å²) >= 11 is 12.9. The molecule has 2 rings (SSSR count). The Balaban J connectivity index is 2.14. The van der Waals surface area contributed by atoms with E-state index in [1.54, 1.807) is 24.3 Å². The first-order chi connectivity index (χ1) is 11.8. The summed E-state index contributed by atoms with van der Waals surface area (Å²) in [6, 6.07) is 8.70. The van der Waals surface area contributed by atoms with Gasteiger partial charge in [-0.25, -0.2) is 9.18 Å². The van der Waals surface area contributed by atoms with E-state index in [1.807, 2.05) is 6.07 Å². The van der Waals surface area contributed by atoms with Crippen LogP contribution >= 0.6 is 43.5 Å². The monoisotopic (exact) mass is 493 g/mol. The van der Waals surface area contributed by atoms with E-state index in [0.29, 0.717) is 31.0 Å². The number of hydrogen-bond donors (Lipinski definition) is 1. The third-order valence-electron chi connectivity index (χ3n) is 3.41. The van der Waals surface area contributed by atoms with Gasteiger partial charge in [-0.05, 0) is 55.6 Å². The van der Waals surface area contributed by atoms with Gasteiger partial charge >= 0.3 is 5.97 Å². The lowest BCUT2D eigenvalue weighted by atomic mass is 10.1. The molecule has 0 aliphatic carbocycles. The number of nitrogen functional groups attached to an aromatic ring is 1. The van der Waals surface area contributed by atoms with E-state index in [-0.39, 0.29) is 13.0 Å². The highest BCUT2D eigenvalue weighted by atomic mass is 79.9. The number of halogens is 4. The summed E-state index contributed by atoms with van der Waals surface area (Å²) in [6.45, 7) is 0.217. The van der Waals surface area contributed by atoms with Crippen LogP contribution in [0.4, 0.5) is 10.1 Å². The van der Waals surface area contributed by atoms with Crippen molar-refractivity contribution in [2.75, 3.05) is 12.8 Å². The van der Waals surface area contributed by atoms with E-state index in [2.05, 4.69) is 36.6 Å². The van der Waals surface area contributed by atoms with Gasteiger partial charge < -0.3 is 15.2 Å². The Kier molecular flexibility index (Phi) is 7.10. The largest absolute Gasteiger partial charge is 0.486 e. The highest BCUT2D eigenvalue weighted by molar-refractivity contribution is 9.11. The summed E-state index contributed by atoms with van der Waals surface area (Å²) in [7, 11) is 1.15. The summed E-state index contributed by atoms with van der Waals surface area (Å²) in [4.78, 5) is 11.2. The second-order valence-electron chi connectivity index (χ2n) is 5.19. The van der Waals surface area contributed by atoms with Gasteiger partial charge in [0.2, 0.25) is 6.17 Å². The number of benzene rings is 2. The number of carbonyl (C=O) groups excluding carboxylic acids is 1. The Hall–Kier alpha value is -1.31. The molecule has 2 aromatic rings. The molecule has 0 saturated heterocycles. The van der Waals surface area contributed by atoms with Gasteiger partial charge in [0.1, 0.15) is 12.4 Å². The van der Waals surface area contributed by atoms with Crippen LogP contribution in [0.3, 0.4) is 0 Å². The first kappa shape index (κ1) is 20.0. The quantitative estimate of drug-likeness (QED) is 0.449. The van der Waals surface area contributed by atoms with Crippen molar-refractivity contribution in [1.29, 1.82) is 0 Å². The minimum absolute atomic E-state index is 0.0921. The van der Waals surface area contributed by atoms with Gasteiger partial charge in [-0.1, -0.05) is 23.7 Å². The Labute approximate surface area is 166 Å². The Bertz CT molecular complexity index is 765. The number of alkyl halides is 1. The van der Waals surface area contributed by atoms with E-state index in [1.165, 1.54) is 0 Å². The number of esters is 1. The van der Waals surface area contributed by atoms with Crippen LogP contribution in [0.15, 0.2) is 39.3 Å². The second-order valence-corrected chi connectivity index (χ2v) is 7.28. The number of carbonyl (C=O) groups is 1. The van der Waals surface area contributed by atoms with Crippen LogP contribution < -0.4 is 10.5 Å². The van der Waals surface area contributed by atoms with Crippen LogP contribution in [-0.2, 0) is 22.6 Å². The fraction of sp³-hybridized carbons (Fsp3) is 0.235. The predicted molar refractivity (Wildman–Crippen MR) is 103 cm³/mol. The van der Waals surface area contributed by atoms with Gasteiger partial charge in [-0.2, -0.15) is 0 Å². The molecule has 2 N–H and O–H groups in total. The van der Waals surface area contributed by atoms with Crippen molar-refractivity contribution in [1.82, 2.24) is 0 Å². The molecule has 1 unspecified atom stereocenters. The maximum absolute atomic E-state index is 13.7. The van der Waals surface area contributed by atoms with E-state index in [4.69, 9.17) is 22.1 Å². The van der Waals surface area contributed by atoms with Crippen LogP contribution in [0.25, 0.3) is 0 Å². The van der Waals surface area contributed by atoms with Gasteiger partial charge in [-0.15, -0.1) is 0 Å². The molecule has 0 heterocycles. The maximum atomic E-state index is 13.7. The normalized spacial score (nSPS) is 11.9. The topological polar surface area (TPSA) is 61.5 Å². The third kappa shape index (κ3) is 5.09. The smallest absolute Gasteiger partial charge is 0.340 e. The molecule has 4 nitrogen and oxygen atoms in total. The Morgan fingerprint density at radius 3 is 2.56 bits per heavy atom. The van der Waals surface area contributed by atoms with Crippen molar-refractivity contribution in [3.8, 4) is 5.75 Å². The van der Waals surface area contributed by atoms with E-state index < -0.39 is 12.1 Å².